The summed E-state index contributed by atoms with van der Waals surface area (Å²) < 4.78 is 47.3. The van der Waals surface area contributed by atoms with E-state index in [-0.39, 0.29) is 21.4 Å². The summed E-state index contributed by atoms with van der Waals surface area (Å²) in [7, 11) is 0. The normalized spacial score (nSPS) is 17.9. The Labute approximate surface area is 120 Å². The summed E-state index contributed by atoms with van der Waals surface area (Å²) in [5.41, 5.74) is 0.135. The highest BCUT2D eigenvalue weighted by atomic mass is 35.5. The van der Waals surface area contributed by atoms with Gasteiger partial charge in [-0.25, -0.2) is 4.79 Å². The van der Waals surface area contributed by atoms with E-state index in [0.29, 0.717) is 0 Å². The van der Waals surface area contributed by atoms with Crippen LogP contribution in [0.5, 0.6) is 5.75 Å². The Kier molecular flexibility index (Phi) is 3.75. The Hall–Kier alpha value is -1.60. The van der Waals surface area contributed by atoms with Crippen LogP contribution in [0.1, 0.15) is 5.56 Å². The smallest absolute Gasteiger partial charge is 0.472 e. The van der Waals surface area contributed by atoms with Gasteiger partial charge >= 0.3 is 12.3 Å². The monoisotopic (exact) mass is 328 g/mol. The topological polar surface area (TPSA) is 55.8 Å². The largest absolute Gasteiger partial charge is 0.511 e. The molecule has 1 N–H and O–H groups in total. The van der Waals surface area contributed by atoms with Gasteiger partial charge in [-0.15, -0.1) is 0 Å². The Bertz CT molecular complexity index is 598. The van der Waals surface area contributed by atoms with Gasteiger partial charge in [-0.2, -0.15) is 13.2 Å². The molecule has 0 amide bonds. The number of ether oxygens (including phenoxy) is 2. The van der Waals surface area contributed by atoms with Crippen molar-refractivity contribution in [2.45, 2.75) is 12.3 Å². The van der Waals surface area contributed by atoms with Gasteiger partial charge in [-0.05, 0) is 12.1 Å². The second kappa shape index (κ2) is 5.06. The molecule has 9 heteroatoms. The number of halogens is 5. The average molecular weight is 329 g/mol. The maximum Gasteiger partial charge on any atom is 0.511 e. The first-order valence-corrected chi connectivity index (χ1v) is 5.79. The maximum absolute atomic E-state index is 12.8. The first-order valence-electron chi connectivity index (χ1n) is 5.03. The Morgan fingerprint density at radius 2 is 1.90 bits per heavy atom. The highest BCUT2D eigenvalue weighted by Gasteiger charge is 2.48. The van der Waals surface area contributed by atoms with E-state index in [1.54, 1.807) is 0 Å². The molecule has 1 atom stereocenters. The number of carboxylic acid groups (broad SMARTS) is 1. The fraction of sp³-hybridized carbons (Fsp3) is 0.182. The Morgan fingerprint density at radius 1 is 1.30 bits per heavy atom. The minimum Gasteiger partial charge on any atom is -0.472 e. The minimum absolute atomic E-state index is 0.0161. The molecule has 0 fully saturated rings. The number of hydrogen-bond donors (Lipinski definition) is 1. The lowest BCUT2D eigenvalue weighted by Gasteiger charge is -2.27. The Balaban J connectivity index is 2.50. The molecule has 0 bridgehead atoms. The third-order valence-corrected chi connectivity index (χ3v) is 3.08. The lowest BCUT2D eigenvalue weighted by Crippen LogP contribution is -2.39. The van der Waals surface area contributed by atoms with Crippen molar-refractivity contribution < 1.29 is 32.5 Å². The fourth-order valence-electron chi connectivity index (χ4n) is 1.58. The summed E-state index contributed by atoms with van der Waals surface area (Å²) in [5, 5.41) is 8.57. The first-order chi connectivity index (χ1) is 9.18. The van der Waals surface area contributed by atoms with Crippen LogP contribution in [0.2, 0.25) is 10.0 Å². The second-order valence-electron chi connectivity index (χ2n) is 3.76. The number of benzene rings is 1. The molecule has 2 rings (SSSR count). The second-order valence-corrected chi connectivity index (χ2v) is 4.57. The lowest BCUT2D eigenvalue weighted by atomic mass is 10.1. The van der Waals surface area contributed by atoms with Crippen molar-refractivity contribution in [3.8, 4) is 5.75 Å². The SMILES string of the molecule is O=C(O)OC1=Cc2cc(Cl)c(Cl)cc2OC1C(F)(F)F. The number of fused-ring (bicyclic) bond motifs is 1. The van der Waals surface area contributed by atoms with Crippen LogP contribution in [0, 0.1) is 0 Å². The lowest BCUT2D eigenvalue weighted by molar-refractivity contribution is -0.191. The molecular formula is C11H5Cl2F3O4. The third kappa shape index (κ3) is 2.94. The van der Waals surface area contributed by atoms with E-state index in [2.05, 4.69) is 4.74 Å². The molecular weight excluding hydrogens is 324 g/mol. The predicted molar refractivity (Wildman–Crippen MR) is 64.0 cm³/mol. The zero-order valence-corrected chi connectivity index (χ0v) is 10.9. The van der Waals surface area contributed by atoms with Crippen molar-refractivity contribution >= 4 is 35.4 Å². The van der Waals surface area contributed by atoms with Crippen molar-refractivity contribution in [2.75, 3.05) is 0 Å². The molecule has 0 spiro atoms. The van der Waals surface area contributed by atoms with Crippen molar-refractivity contribution in [2.24, 2.45) is 0 Å². The van der Waals surface area contributed by atoms with Crippen molar-refractivity contribution in [3.05, 3.63) is 33.5 Å². The van der Waals surface area contributed by atoms with E-state index in [4.69, 9.17) is 33.0 Å². The molecule has 0 aromatic heterocycles. The van der Waals surface area contributed by atoms with Crippen LogP contribution in [0.3, 0.4) is 0 Å². The van der Waals surface area contributed by atoms with E-state index in [0.717, 1.165) is 12.1 Å². The standard InChI is InChI=1S/C11H5Cl2F3O4/c12-5-1-4-2-8(20-10(17)18)9(11(14,15)16)19-7(4)3-6(5)13/h1-3,9H,(H,17,18). The zero-order chi connectivity index (χ0) is 15.1. The van der Waals surface area contributed by atoms with Crippen LogP contribution in [-0.2, 0) is 4.74 Å². The van der Waals surface area contributed by atoms with Gasteiger partial charge in [0.25, 0.3) is 6.10 Å². The van der Waals surface area contributed by atoms with Gasteiger partial charge in [0.15, 0.2) is 5.76 Å². The predicted octanol–water partition coefficient (Wildman–Crippen LogP) is 4.35. The molecule has 0 saturated heterocycles. The van der Waals surface area contributed by atoms with E-state index >= 15 is 0 Å². The van der Waals surface area contributed by atoms with Gasteiger partial charge in [0.2, 0.25) is 0 Å². The van der Waals surface area contributed by atoms with Crippen LogP contribution in [0.15, 0.2) is 17.9 Å². The molecule has 0 aliphatic carbocycles. The van der Waals surface area contributed by atoms with Crippen LogP contribution in [-0.4, -0.2) is 23.5 Å². The molecule has 108 valence electrons. The third-order valence-electron chi connectivity index (χ3n) is 2.36. The highest BCUT2D eigenvalue weighted by Crippen LogP contribution is 2.40. The van der Waals surface area contributed by atoms with Crippen LogP contribution in [0.4, 0.5) is 18.0 Å². The van der Waals surface area contributed by atoms with Gasteiger partial charge in [-0.1, -0.05) is 23.2 Å². The number of alkyl halides is 3. The summed E-state index contributed by atoms with van der Waals surface area (Å²) in [6, 6.07) is 2.36. The summed E-state index contributed by atoms with van der Waals surface area (Å²) in [4.78, 5) is 10.4. The van der Waals surface area contributed by atoms with Crippen LogP contribution < -0.4 is 4.74 Å². The number of carbonyl (C=O) groups is 1. The fourth-order valence-corrected chi connectivity index (χ4v) is 1.91. The van der Waals surface area contributed by atoms with E-state index in [1.165, 1.54) is 6.07 Å². The highest BCUT2D eigenvalue weighted by molar-refractivity contribution is 6.42. The molecule has 1 aliphatic rings. The van der Waals surface area contributed by atoms with Gasteiger partial charge in [0, 0.05) is 11.6 Å². The summed E-state index contributed by atoms with van der Waals surface area (Å²) >= 11 is 11.4. The summed E-state index contributed by atoms with van der Waals surface area (Å²) in [6.07, 6.45) is -8.35. The minimum atomic E-state index is -4.84. The molecule has 1 unspecified atom stereocenters. The summed E-state index contributed by atoms with van der Waals surface area (Å²) in [5.74, 6) is -1.06. The first kappa shape index (κ1) is 14.8. The number of rotatable bonds is 1. The zero-order valence-electron chi connectivity index (χ0n) is 9.37. The molecule has 1 heterocycles. The van der Waals surface area contributed by atoms with Gasteiger partial charge < -0.3 is 14.6 Å². The van der Waals surface area contributed by atoms with Crippen molar-refractivity contribution in [3.63, 3.8) is 0 Å². The van der Waals surface area contributed by atoms with Gasteiger partial charge in [0.1, 0.15) is 5.75 Å². The van der Waals surface area contributed by atoms with E-state index in [1.807, 2.05) is 0 Å². The quantitative estimate of drug-likeness (QED) is 0.778. The van der Waals surface area contributed by atoms with Gasteiger partial charge in [0.05, 0.1) is 10.0 Å². The molecule has 1 aromatic rings. The van der Waals surface area contributed by atoms with E-state index in [9.17, 15) is 18.0 Å². The molecule has 4 nitrogen and oxygen atoms in total. The van der Waals surface area contributed by atoms with Crippen molar-refractivity contribution in [1.82, 2.24) is 0 Å². The van der Waals surface area contributed by atoms with E-state index < -0.39 is 24.2 Å². The van der Waals surface area contributed by atoms with Crippen LogP contribution >= 0.6 is 23.2 Å². The maximum atomic E-state index is 12.8. The molecule has 0 radical (unpaired) electrons. The Morgan fingerprint density at radius 3 is 2.45 bits per heavy atom. The van der Waals surface area contributed by atoms with Crippen LogP contribution in [0.25, 0.3) is 6.08 Å². The summed E-state index contributed by atoms with van der Waals surface area (Å²) in [6.45, 7) is 0. The molecule has 1 aliphatic heterocycles. The molecule has 20 heavy (non-hydrogen) atoms. The average Bonchev–Trinajstić information content (AvgIpc) is 2.28. The number of hydrogen-bond acceptors (Lipinski definition) is 3. The molecule has 1 aromatic carbocycles. The molecule has 0 saturated carbocycles. The van der Waals surface area contributed by atoms with Gasteiger partial charge in [-0.3, -0.25) is 0 Å². The van der Waals surface area contributed by atoms with Crippen molar-refractivity contribution in [1.29, 1.82) is 0 Å².